The Bertz CT molecular complexity index is 1120. The maximum Gasteiger partial charge on any atom is 0.295 e. The number of hydrogen-bond donors (Lipinski definition) is 2. The third-order valence-corrected chi connectivity index (χ3v) is 6.17. The van der Waals surface area contributed by atoms with Crippen LogP contribution < -0.4 is 10.1 Å². The molecule has 2 aliphatic heterocycles. The van der Waals surface area contributed by atoms with Gasteiger partial charge in [0.25, 0.3) is 17.4 Å². The van der Waals surface area contributed by atoms with Crippen molar-refractivity contribution >= 4 is 23.1 Å². The van der Waals surface area contributed by atoms with Crippen LogP contribution in [-0.2, 0) is 9.59 Å². The average molecular weight is 466 g/mol. The number of non-ortho nitro benzene ring substituents is 1. The number of hydrogen-bond acceptors (Lipinski definition) is 8. The minimum absolute atomic E-state index is 0.0871. The number of Topliss-reactive ketones (excluding diaryl/α,β-unsaturated/α-hetero) is 1. The third kappa shape index (κ3) is 4.63. The lowest BCUT2D eigenvalue weighted by Crippen LogP contribution is -2.46. The smallest absolute Gasteiger partial charge is 0.295 e. The Kier molecular flexibility index (Phi) is 6.90. The van der Waals surface area contributed by atoms with Crippen LogP contribution in [0.5, 0.6) is 5.75 Å². The van der Waals surface area contributed by atoms with E-state index in [0.29, 0.717) is 23.4 Å². The Labute approximate surface area is 196 Å². The molecule has 0 spiro atoms. The maximum atomic E-state index is 13.1. The number of amides is 1. The van der Waals surface area contributed by atoms with E-state index in [-0.39, 0.29) is 23.6 Å². The van der Waals surface area contributed by atoms with Crippen LogP contribution in [0.15, 0.2) is 54.1 Å². The number of nitro benzene ring substituents is 1. The number of nitro groups is 1. The highest BCUT2D eigenvalue weighted by atomic mass is 16.6. The molecule has 2 N–H and O–H groups in total. The second-order valence-corrected chi connectivity index (χ2v) is 8.16. The Balaban J connectivity index is 1.76. The Hall–Kier alpha value is -3.76. The predicted molar refractivity (Wildman–Crippen MR) is 124 cm³/mol. The second kappa shape index (κ2) is 10.0. The molecule has 0 bridgehead atoms. The third-order valence-electron chi connectivity index (χ3n) is 6.17. The maximum absolute atomic E-state index is 13.1. The fraction of sp³-hybridized carbons (Fsp3) is 0.333. The molecule has 0 aromatic heterocycles. The molecule has 0 aliphatic carbocycles. The number of aliphatic hydroxyl groups excluding tert-OH is 1. The molecule has 0 radical (unpaired) electrons. The molecule has 4 rings (SSSR count). The van der Waals surface area contributed by atoms with Gasteiger partial charge in [-0.05, 0) is 29.8 Å². The molecule has 10 heteroatoms. The van der Waals surface area contributed by atoms with Crippen molar-refractivity contribution in [1.29, 1.82) is 0 Å². The number of aliphatic hydroxyl groups is 1. The molecule has 0 saturated carbocycles. The van der Waals surface area contributed by atoms with Crippen molar-refractivity contribution in [2.24, 2.45) is 0 Å². The van der Waals surface area contributed by atoms with Crippen LogP contribution in [0.1, 0.15) is 17.2 Å². The highest BCUT2D eigenvalue weighted by molar-refractivity contribution is 6.46. The Morgan fingerprint density at radius 1 is 1.15 bits per heavy atom. The number of nitrogens with one attached hydrogen (secondary N) is 1. The zero-order chi connectivity index (χ0) is 24.2. The second-order valence-electron chi connectivity index (χ2n) is 8.16. The zero-order valence-corrected chi connectivity index (χ0v) is 18.8. The fourth-order valence-electron chi connectivity index (χ4n) is 4.35. The number of likely N-dealkylation sites (tertiary alicyclic amines) is 1. The van der Waals surface area contributed by atoms with Crippen molar-refractivity contribution in [3.8, 4) is 5.75 Å². The van der Waals surface area contributed by atoms with Crippen LogP contribution in [0.3, 0.4) is 0 Å². The number of carbonyl (C=O) groups is 2. The minimum Gasteiger partial charge on any atom is -0.507 e. The molecule has 2 heterocycles. The zero-order valence-electron chi connectivity index (χ0n) is 18.8. The van der Waals surface area contributed by atoms with E-state index in [1.807, 2.05) is 0 Å². The molecule has 10 nitrogen and oxygen atoms in total. The summed E-state index contributed by atoms with van der Waals surface area (Å²) in [5.74, 6) is -1.31. The van der Waals surface area contributed by atoms with Gasteiger partial charge in [-0.2, -0.15) is 0 Å². The summed E-state index contributed by atoms with van der Waals surface area (Å²) in [7, 11) is 1.51. The van der Waals surface area contributed by atoms with Gasteiger partial charge < -0.3 is 20.1 Å². The van der Waals surface area contributed by atoms with E-state index in [1.54, 1.807) is 30.3 Å². The summed E-state index contributed by atoms with van der Waals surface area (Å²) in [6.45, 7) is 4.10. The van der Waals surface area contributed by atoms with Gasteiger partial charge in [0.15, 0.2) is 0 Å². The van der Waals surface area contributed by atoms with Crippen molar-refractivity contribution < 1.29 is 24.4 Å². The summed E-state index contributed by atoms with van der Waals surface area (Å²) in [6, 6.07) is 11.3. The lowest BCUT2D eigenvalue weighted by Gasteiger charge is -2.31. The molecule has 2 fully saturated rings. The average Bonchev–Trinajstić information content (AvgIpc) is 3.12. The molecule has 2 aromatic carbocycles. The lowest BCUT2D eigenvalue weighted by atomic mass is 9.95. The molecule has 1 unspecified atom stereocenters. The van der Waals surface area contributed by atoms with Crippen LogP contribution in [0.2, 0.25) is 0 Å². The van der Waals surface area contributed by atoms with Crippen LogP contribution in [0, 0.1) is 10.1 Å². The summed E-state index contributed by atoms with van der Waals surface area (Å²) in [6.07, 6.45) is 0. The van der Waals surface area contributed by atoms with Gasteiger partial charge >= 0.3 is 0 Å². The van der Waals surface area contributed by atoms with Crippen LogP contribution in [0.25, 0.3) is 5.76 Å². The Morgan fingerprint density at radius 3 is 2.50 bits per heavy atom. The van der Waals surface area contributed by atoms with Crippen molar-refractivity contribution in [1.82, 2.24) is 15.1 Å². The highest BCUT2D eigenvalue weighted by Gasteiger charge is 2.46. The Morgan fingerprint density at radius 2 is 1.85 bits per heavy atom. The van der Waals surface area contributed by atoms with Crippen LogP contribution in [0.4, 0.5) is 5.69 Å². The number of methoxy groups -OCH3 is 1. The molecule has 2 saturated heterocycles. The van der Waals surface area contributed by atoms with Crippen LogP contribution in [-0.4, -0.2) is 77.9 Å². The van der Waals surface area contributed by atoms with Gasteiger partial charge in [-0.15, -0.1) is 0 Å². The molecule has 2 aromatic rings. The van der Waals surface area contributed by atoms with Crippen molar-refractivity contribution in [2.45, 2.75) is 6.04 Å². The van der Waals surface area contributed by atoms with E-state index in [1.165, 1.54) is 30.2 Å². The van der Waals surface area contributed by atoms with Crippen molar-refractivity contribution in [3.05, 3.63) is 75.3 Å². The topological polar surface area (TPSA) is 125 Å². The summed E-state index contributed by atoms with van der Waals surface area (Å²) in [4.78, 5) is 40.6. The predicted octanol–water partition coefficient (Wildman–Crippen LogP) is 1.93. The number of ether oxygens (including phenoxy) is 1. The van der Waals surface area contributed by atoms with Gasteiger partial charge in [-0.3, -0.25) is 24.6 Å². The molecule has 2 aliphatic rings. The number of nitrogens with zero attached hydrogens (tertiary/aromatic N) is 3. The van der Waals surface area contributed by atoms with E-state index in [2.05, 4.69) is 10.2 Å². The number of rotatable bonds is 7. The largest absolute Gasteiger partial charge is 0.507 e. The number of piperazine rings is 1. The SMILES string of the molecule is COc1ccc(/C(O)=C2\C(=O)C(=O)N(CCN3CCNCC3)C2c2cccc([N+](=O)[O-])c2)cc1. The van der Waals surface area contributed by atoms with Crippen molar-refractivity contribution in [3.63, 3.8) is 0 Å². The monoisotopic (exact) mass is 466 g/mol. The first-order chi connectivity index (χ1) is 16.4. The number of carbonyl (C=O) groups excluding carboxylic acids is 2. The van der Waals surface area contributed by atoms with Gasteiger partial charge in [0.1, 0.15) is 11.5 Å². The molecular weight excluding hydrogens is 440 g/mol. The first-order valence-electron chi connectivity index (χ1n) is 11.0. The summed E-state index contributed by atoms with van der Waals surface area (Å²) in [5.41, 5.74) is 0.491. The minimum atomic E-state index is -0.940. The quantitative estimate of drug-likeness (QED) is 0.209. The van der Waals surface area contributed by atoms with E-state index in [0.717, 1.165) is 26.2 Å². The molecule has 34 heavy (non-hydrogen) atoms. The first-order valence-corrected chi connectivity index (χ1v) is 11.0. The fourth-order valence-corrected chi connectivity index (χ4v) is 4.35. The summed E-state index contributed by atoms with van der Waals surface area (Å²) in [5, 5.41) is 25.8. The van der Waals surface area contributed by atoms with Gasteiger partial charge in [0.2, 0.25) is 0 Å². The lowest BCUT2D eigenvalue weighted by molar-refractivity contribution is -0.384. The summed E-state index contributed by atoms with van der Waals surface area (Å²) >= 11 is 0. The van der Waals surface area contributed by atoms with Gasteiger partial charge in [0.05, 0.1) is 23.6 Å². The molecule has 178 valence electrons. The van der Waals surface area contributed by atoms with Crippen molar-refractivity contribution in [2.75, 3.05) is 46.4 Å². The number of benzene rings is 2. The number of ketones is 1. The van der Waals surface area contributed by atoms with E-state index < -0.39 is 22.7 Å². The van der Waals surface area contributed by atoms with E-state index >= 15 is 0 Å². The molecule has 1 amide bonds. The van der Waals surface area contributed by atoms with E-state index in [9.17, 15) is 24.8 Å². The van der Waals surface area contributed by atoms with E-state index in [4.69, 9.17) is 4.74 Å². The molecular formula is C24H26N4O6. The molecule has 1 atom stereocenters. The first kappa shape index (κ1) is 23.4. The standard InChI is InChI=1S/C24H26N4O6/c1-34-19-7-5-16(6-8-19)22(29)20-21(17-3-2-4-18(15-17)28(32)33)27(24(31)23(20)30)14-13-26-11-9-25-10-12-26/h2-8,15,21,25,29H,9-14H2,1H3/b22-20+. The summed E-state index contributed by atoms with van der Waals surface area (Å²) < 4.78 is 5.15. The van der Waals surface area contributed by atoms with Gasteiger partial charge in [-0.1, -0.05) is 12.1 Å². The normalized spacial score (nSPS) is 20.5. The van der Waals surface area contributed by atoms with Gasteiger partial charge in [-0.25, -0.2) is 0 Å². The van der Waals surface area contributed by atoms with Crippen LogP contribution >= 0.6 is 0 Å². The van der Waals surface area contributed by atoms with Gasteiger partial charge in [0, 0.05) is 57.0 Å². The highest BCUT2D eigenvalue weighted by Crippen LogP contribution is 2.40.